The fourth-order valence-electron chi connectivity index (χ4n) is 2.72. The minimum absolute atomic E-state index is 0.156. The summed E-state index contributed by atoms with van der Waals surface area (Å²) in [7, 11) is 0. The molecule has 2 aromatic carbocycles. The van der Waals surface area contributed by atoms with Crippen molar-refractivity contribution < 1.29 is 9.90 Å². The number of anilines is 1. The van der Waals surface area contributed by atoms with Gasteiger partial charge in [-0.15, -0.1) is 0 Å². The van der Waals surface area contributed by atoms with Crippen molar-refractivity contribution >= 4 is 46.6 Å². The number of carboxylic acid groups (broad SMARTS) is 1. The zero-order valence-electron chi connectivity index (χ0n) is 13.3. The molecule has 0 unspecified atom stereocenters. The lowest BCUT2D eigenvalue weighted by molar-refractivity contribution is -0.303. The van der Waals surface area contributed by atoms with Crippen LogP contribution in [0.4, 0.5) is 5.69 Å². The number of aliphatic imine (C=N–C) groups is 1. The second-order valence-electron chi connectivity index (χ2n) is 5.58. The summed E-state index contributed by atoms with van der Waals surface area (Å²) in [5, 5.41) is 12.0. The van der Waals surface area contributed by atoms with Gasteiger partial charge in [0.25, 0.3) is 0 Å². The Kier molecular flexibility index (Phi) is 5.41. The molecule has 6 heteroatoms. The summed E-state index contributed by atoms with van der Waals surface area (Å²) >= 11 is 12.0. The molecule has 1 heterocycles. The molecule has 0 bridgehead atoms. The van der Waals surface area contributed by atoms with Crippen LogP contribution >= 0.6 is 23.2 Å². The monoisotopic (exact) mass is 373 g/mol. The van der Waals surface area contributed by atoms with Gasteiger partial charge in [-0.2, -0.15) is 0 Å². The van der Waals surface area contributed by atoms with Gasteiger partial charge in [0.2, 0.25) is 0 Å². The van der Waals surface area contributed by atoms with Crippen LogP contribution in [0.15, 0.2) is 53.5 Å². The van der Waals surface area contributed by atoms with Crippen molar-refractivity contribution in [1.82, 2.24) is 0 Å². The van der Waals surface area contributed by atoms with Gasteiger partial charge < -0.3 is 14.8 Å². The summed E-state index contributed by atoms with van der Waals surface area (Å²) in [6.45, 7) is 0.869. The van der Waals surface area contributed by atoms with Crippen molar-refractivity contribution in [3.8, 4) is 0 Å². The van der Waals surface area contributed by atoms with Gasteiger partial charge in [0, 0.05) is 17.8 Å². The molecule has 25 heavy (non-hydrogen) atoms. The van der Waals surface area contributed by atoms with Crippen molar-refractivity contribution in [2.24, 2.45) is 4.99 Å². The minimum Gasteiger partial charge on any atom is -0.548 e. The zero-order valence-corrected chi connectivity index (χ0v) is 14.8. The average Bonchev–Trinajstić information content (AvgIpc) is 2.75. The molecule has 1 aliphatic rings. The highest BCUT2D eigenvalue weighted by Crippen LogP contribution is 2.25. The van der Waals surface area contributed by atoms with Crippen molar-refractivity contribution in [1.29, 1.82) is 0 Å². The number of aliphatic carboxylic acids is 1. The lowest BCUT2D eigenvalue weighted by atomic mass is 10.1. The number of rotatable bonds is 4. The molecule has 0 saturated carbocycles. The smallest absolute Gasteiger partial charge is 0.0668 e. The maximum Gasteiger partial charge on any atom is 0.0668 e. The Morgan fingerprint density at radius 1 is 1.16 bits per heavy atom. The van der Waals surface area contributed by atoms with Gasteiger partial charge in [0.05, 0.1) is 34.8 Å². The number of nitrogens with zero attached hydrogens (tertiary/aromatic N) is 2. The third-order valence-corrected chi connectivity index (χ3v) is 4.61. The van der Waals surface area contributed by atoms with Crippen molar-refractivity contribution in [3.05, 3.63) is 69.7 Å². The number of hydrogen-bond acceptors (Lipinski definition) is 4. The van der Waals surface area contributed by atoms with E-state index in [0.29, 0.717) is 23.1 Å². The summed E-state index contributed by atoms with van der Waals surface area (Å²) in [5.41, 5.74) is 3.42. The van der Waals surface area contributed by atoms with Crippen LogP contribution in [0.3, 0.4) is 0 Å². The lowest BCUT2D eigenvalue weighted by Crippen LogP contribution is -2.39. The first-order valence-corrected chi connectivity index (χ1v) is 8.52. The molecule has 0 aromatic heterocycles. The molecule has 128 valence electrons. The Bertz CT molecular complexity index is 862. The quantitative estimate of drug-likeness (QED) is 0.827. The van der Waals surface area contributed by atoms with Gasteiger partial charge in [-0.05, 0) is 29.8 Å². The lowest BCUT2D eigenvalue weighted by Gasteiger charge is -2.24. The molecule has 0 N–H and O–H groups in total. The molecular formula is C19H15Cl2N2O2-. The van der Waals surface area contributed by atoms with E-state index in [1.54, 1.807) is 17.0 Å². The maximum absolute atomic E-state index is 11.0. The largest absolute Gasteiger partial charge is 0.548 e. The van der Waals surface area contributed by atoms with Gasteiger partial charge in [-0.25, -0.2) is 0 Å². The van der Waals surface area contributed by atoms with Crippen molar-refractivity contribution in [2.45, 2.75) is 0 Å². The standard InChI is InChI=1S/C19H16Cl2N2O2/c20-15-7-5-13(11-16(15)21)6-8-17-14-3-1-2-4-18(14)23(10-9-22-17)12-19(24)25/h1-8,11H,9-10,12H2,(H,24,25)/p-1/b8-6+. The molecule has 0 fully saturated rings. The topological polar surface area (TPSA) is 55.7 Å². The predicted molar refractivity (Wildman–Crippen MR) is 101 cm³/mol. The molecule has 0 atom stereocenters. The number of carbonyl (C=O) groups is 1. The molecule has 0 radical (unpaired) electrons. The fourth-order valence-corrected chi connectivity index (χ4v) is 3.02. The number of benzene rings is 2. The zero-order chi connectivity index (χ0) is 17.8. The SMILES string of the molecule is O=C([O-])CN1CCN=C(/C=C/c2ccc(Cl)c(Cl)c2)c2ccccc21. The normalized spacial score (nSPS) is 14.2. The Hall–Kier alpha value is -2.30. The van der Waals surface area contributed by atoms with Crippen LogP contribution in [-0.4, -0.2) is 31.3 Å². The van der Waals surface area contributed by atoms with E-state index in [2.05, 4.69) is 4.99 Å². The second kappa shape index (κ2) is 7.72. The van der Waals surface area contributed by atoms with Crippen LogP contribution < -0.4 is 10.0 Å². The molecule has 2 aromatic rings. The highest BCUT2D eigenvalue weighted by molar-refractivity contribution is 6.42. The summed E-state index contributed by atoms with van der Waals surface area (Å²) in [5.74, 6) is -1.11. The molecule has 0 amide bonds. The second-order valence-corrected chi connectivity index (χ2v) is 6.40. The predicted octanol–water partition coefficient (Wildman–Crippen LogP) is 3.07. The van der Waals surface area contributed by atoms with E-state index in [1.165, 1.54) is 0 Å². The van der Waals surface area contributed by atoms with Crippen LogP contribution in [-0.2, 0) is 4.79 Å². The van der Waals surface area contributed by atoms with Gasteiger partial charge in [0.1, 0.15) is 0 Å². The van der Waals surface area contributed by atoms with Crippen LogP contribution in [0.2, 0.25) is 10.0 Å². The van der Waals surface area contributed by atoms with Crippen LogP contribution in [0.5, 0.6) is 0 Å². The number of allylic oxidation sites excluding steroid dienone is 1. The van der Waals surface area contributed by atoms with E-state index in [-0.39, 0.29) is 6.54 Å². The van der Waals surface area contributed by atoms with Crippen LogP contribution in [0.25, 0.3) is 6.08 Å². The molecule has 3 rings (SSSR count). The number of para-hydroxylation sites is 1. The minimum atomic E-state index is -1.11. The average molecular weight is 374 g/mol. The Labute approximate surface area is 156 Å². The summed E-state index contributed by atoms with van der Waals surface area (Å²) in [6, 6.07) is 13.0. The summed E-state index contributed by atoms with van der Waals surface area (Å²) in [6.07, 6.45) is 3.81. The van der Waals surface area contributed by atoms with Gasteiger partial charge in [-0.1, -0.05) is 53.5 Å². The number of carboxylic acids is 1. The Balaban J connectivity index is 1.92. The van der Waals surface area contributed by atoms with E-state index < -0.39 is 5.97 Å². The van der Waals surface area contributed by atoms with Gasteiger partial charge in [-0.3, -0.25) is 4.99 Å². The Morgan fingerprint density at radius 2 is 1.96 bits per heavy atom. The highest BCUT2D eigenvalue weighted by atomic mass is 35.5. The first kappa shape index (κ1) is 17.5. The number of carbonyl (C=O) groups excluding carboxylic acids is 1. The molecule has 0 spiro atoms. The third-order valence-electron chi connectivity index (χ3n) is 3.87. The van der Waals surface area contributed by atoms with Crippen LogP contribution in [0, 0.1) is 0 Å². The maximum atomic E-state index is 11.0. The number of benzodiazepines with no additional fused rings is 1. The van der Waals surface area contributed by atoms with E-state index in [1.807, 2.05) is 42.5 Å². The fraction of sp³-hybridized carbons (Fsp3) is 0.158. The molecule has 4 nitrogen and oxygen atoms in total. The van der Waals surface area contributed by atoms with E-state index in [4.69, 9.17) is 23.2 Å². The van der Waals surface area contributed by atoms with E-state index >= 15 is 0 Å². The molecule has 1 aliphatic heterocycles. The Morgan fingerprint density at radius 3 is 2.72 bits per heavy atom. The van der Waals surface area contributed by atoms with E-state index in [0.717, 1.165) is 22.5 Å². The summed E-state index contributed by atoms with van der Waals surface area (Å²) in [4.78, 5) is 17.4. The molecule has 0 saturated heterocycles. The first-order chi connectivity index (χ1) is 12.0. The van der Waals surface area contributed by atoms with Crippen LogP contribution in [0.1, 0.15) is 11.1 Å². The first-order valence-electron chi connectivity index (χ1n) is 7.76. The third kappa shape index (κ3) is 4.21. The van der Waals surface area contributed by atoms with Gasteiger partial charge in [0.15, 0.2) is 0 Å². The van der Waals surface area contributed by atoms with E-state index in [9.17, 15) is 9.90 Å². The van der Waals surface area contributed by atoms with Crippen molar-refractivity contribution in [2.75, 3.05) is 24.5 Å². The summed E-state index contributed by atoms with van der Waals surface area (Å²) < 4.78 is 0. The molecule has 0 aliphatic carbocycles. The number of halogens is 2. The highest BCUT2D eigenvalue weighted by Gasteiger charge is 2.16. The number of fused-ring (bicyclic) bond motifs is 1. The molecular weight excluding hydrogens is 359 g/mol. The van der Waals surface area contributed by atoms with Gasteiger partial charge >= 0.3 is 0 Å². The van der Waals surface area contributed by atoms with Crippen molar-refractivity contribution in [3.63, 3.8) is 0 Å². The number of hydrogen-bond donors (Lipinski definition) is 0.